The Morgan fingerprint density at radius 2 is 1.57 bits per heavy atom. The van der Waals surface area contributed by atoms with Gasteiger partial charge < -0.3 is 10.5 Å². The summed E-state index contributed by atoms with van der Waals surface area (Å²) in [5.74, 6) is -0.482. The Bertz CT molecular complexity index is 1680. The van der Waals surface area contributed by atoms with Gasteiger partial charge in [0.15, 0.2) is 0 Å². The number of hydrogen-bond donors (Lipinski definition) is 1. The number of benzene rings is 3. The maximum atomic E-state index is 13.8. The Morgan fingerprint density at radius 1 is 0.919 bits per heavy atom. The van der Waals surface area contributed by atoms with Gasteiger partial charge in [-0.1, -0.05) is 36.4 Å². The fraction of sp³-hybridized carbons (Fsp3) is 0.0690. The molecule has 7 nitrogen and oxygen atoms in total. The third-order valence-corrected chi connectivity index (χ3v) is 6.43. The van der Waals surface area contributed by atoms with Gasteiger partial charge in [-0.25, -0.2) is 13.8 Å². The van der Waals surface area contributed by atoms with Gasteiger partial charge in [-0.15, -0.1) is 0 Å². The zero-order valence-corrected chi connectivity index (χ0v) is 19.8. The zero-order valence-electron chi connectivity index (χ0n) is 19.8. The molecule has 0 aliphatic carbocycles. The standard InChI is InChI=1S/C29H21FN6O/c1-18-25-26(23(16-31)28(32)37-29(25)36(33-18)22-10-6-3-7-11-22)24-17-35(21-8-4-2-5-9-21)34-27(24)19-12-14-20(30)15-13-19/h2-15,17,26H,32H2,1H3/t26-/m1/s1. The molecule has 0 saturated carbocycles. The molecule has 0 fully saturated rings. The van der Waals surface area contributed by atoms with Gasteiger partial charge in [0.25, 0.3) is 0 Å². The molecule has 1 atom stereocenters. The molecule has 2 aromatic heterocycles. The molecule has 37 heavy (non-hydrogen) atoms. The summed E-state index contributed by atoms with van der Waals surface area (Å²) in [6, 6.07) is 27.6. The average Bonchev–Trinajstić information content (AvgIpc) is 3.51. The molecule has 0 bridgehead atoms. The van der Waals surface area contributed by atoms with E-state index in [1.54, 1.807) is 21.5 Å². The van der Waals surface area contributed by atoms with Crippen molar-refractivity contribution in [2.45, 2.75) is 12.8 Å². The summed E-state index contributed by atoms with van der Waals surface area (Å²) in [6.07, 6.45) is 1.89. The Morgan fingerprint density at radius 3 is 2.22 bits per heavy atom. The highest BCUT2D eigenvalue weighted by atomic mass is 19.1. The van der Waals surface area contributed by atoms with Gasteiger partial charge in [0.05, 0.1) is 34.2 Å². The van der Waals surface area contributed by atoms with E-state index < -0.39 is 5.92 Å². The van der Waals surface area contributed by atoms with Gasteiger partial charge in [0.2, 0.25) is 11.8 Å². The minimum absolute atomic E-state index is 0.00889. The molecule has 5 aromatic rings. The molecule has 3 aromatic carbocycles. The number of rotatable bonds is 4. The number of nitrogens with two attached hydrogens (primary N) is 1. The first-order valence-corrected chi connectivity index (χ1v) is 11.7. The van der Waals surface area contributed by atoms with Crippen LogP contribution in [0.25, 0.3) is 22.6 Å². The summed E-state index contributed by atoms with van der Waals surface area (Å²) in [5.41, 5.74) is 11.7. The normalized spacial score (nSPS) is 14.7. The predicted molar refractivity (Wildman–Crippen MR) is 137 cm³/mol. The van der Waals surface area contributed by atoms with Crippen molar-refractivity contribution in [3.8, 4) is 34.6 Å². The second-order valence-corrected chi connectivity index (χ2v) is 8.70. The molecule has 0 saturated heterocycles. The van der Waals surface area contributed by atoms with E-state index in [0.717, 1.165) is 22.5 Å². The number of allylic oxidation sites excluding steroid dienone is 1. The third kappa shape index (κ3) is 3.74. The van der Waals surface area contributed by atoms with Crippen LogP contribution in [0.2, 0.25) is 0 Å². The number of ether oxygens (including phenoxy) is 1. The first kappa shape index (κ1) is 22.3. The Kier molecular flexibility index (Phi) is 5.31. The fourth-order valence-corrected chi connectivity index (χ4v) is 4.71. The molecule has 8 heteroatoms. The van der Waals surface area contributed by atoms with Crippen molar-refractivity contribution in [1.82, 2.24) is 19.6 Å². The number of fused-ring (bicyclic) bond motifs is 1. The van der Waals surface area contributed by atoms with Crippen molar-refractivity contribution in [2.75, 3.05) is 0 Å². The lowest BCUT2D eigenvalue weighted by Crippen LogP contribution is -2.22. The lowest BCUT2D eigenvalue weighted by atomic mass is 9.83. The topological polar surface area (TPSA) is 94.7 Å². The summed E-state index contributed by atoms with van der Waals surface area (Å²) in [5, 5.41) is 19.8. The lowest BCUT2D eigenvalue weighted by molar-refractivity contribution is 0.367. The van der Waals surface area contributed by atoms with E-state index in [2.05, 4.69) is 6.07 Å². The predicted octanol–water partition coefficient (Wildman–Crippen LogP) is 5.39. The van der Waals surface area contributed by atoms with Crippen LogP contribution in [0.5, 0.6) is 5.88 Å². The molecule has 3 heterocycles. The van der Waals surface area contributed by atoms with E-state index in [4.69, 9.17) is 20.7 Å². The molecule has 0 amide bonds. The average molecular weight is 489 g/mol. The smallest absolute Gasteiger partial charge is 0.229 e. The van der Waals surface area contributed by atoms with Crippen LogP contribution in [0.1, 0.15) is 22.7 Å². The number of nitriles is 1. The van der Waals surface area contributed by atoms with Crippen LogP contribution in [-0.4, -0.2) is 19.6 Å². The van der Waals surface area contributed by atoms with Crippen molar-refractivity contribution < 1.29 is 9.13 Å². The first-order valence-electron chi connectivity index (χ1n) is 11.7. The van der Waals surface area contributed by atoms with Gasteiger partial charge in [-0.3, -0.25) is 0 Å². The van der Waals surface area contributed by atoms with Crippen molar-refractivity contribution in [3.05, 3.63) is 125 Å². The van der Waals surface area contributed by atoms with Gasteiger partial charge in [0, 0.05) is 17.3 Å². The van der Waals surface area contributed by atoms with E-state index in [-0.39, 0.29) is 17.3 Å². The van der Waals surface area contributed by atoms with Gasteiger partial charge in [-0.2, -0.15) is 15.5 Å². The molecule has 0 unspecified atom stereocenters. The fourth-order valence-electron chi connectivity index (χ4n) is 4.71. The van der Waals surface area contributed by atoms with E-state index in [1.807, 2.05) is 73.8 Å². The van der Waals surface area contributed by atoms with Gasteiger partial charge in [0.1, 0.15) is 17.5 Å². The second kappa shape index (κ2) is 8.81. The van der Waals surface area contributed by atoms with Crippen LogP contribution >= 0.6 is 0 Å². The summed E-state index contributed by atoms with van der Waals surface area (Å²) < 4.78 is 23.2. The van der Waals surface area contributed by atoms with Gasteiger partial charge >= 0.3 is 0 Å². The Balaban J connectivity index is 1.62. The van der Waals surface area contributed by atoms with E-state index >= 15 is 0 Å². The highest BCUT2D eigenvalue weighted by Gasteiger charge is 2.38. The van der Waals surface area contributed by atoms with Crippen LogP contribution in [0.15, 0.2) is 103 Å². The third-order valence-electron chi connectivity index (χ3n) is 6.43. The Labute approximate surface area is 212 Å². The van der Waals surface area contributed by atoms with Crippen molar-refractivity contribution >= 4 is 0 Å². The minimum Gasteiger partial charge on any atom is -0.422 e. The van der Waals surface area contributed by atoms with Crippen LogP contribution in [0, 0.1) is 24.1 Å². The number of nitrogens with zero attached hydrogens (tertiary/aromatic N) is 5. The highest BCUT2D eigenvalue weighted by molar-refractivity contribution is 5.69. The monoisotopic (exact) mass is 488 g/mol. The highest BCUT2D eigenvalue weighted by Crippen LogP contribution is 2.47. The summed E-state index contributed by atoms with van der Waals surface area (Å²) in [7, 11) is 0. The summed E-state index contributed by atoms with van der Waals surface area (Å²) >= 11 is 0. The molecule has 1 aliphatic heterocycles. The molecular weight excluding hydrogens is 467 g/mol. The molecule has 180 valence electrons. The van der Waals surface area contributed by atoms with E-state index in [0.29, 0.717) is 22.8 Å². The Hall–Kier alpha value is -5.16. The number of aryl methyl sites for hydroxylation is 1. The van der Waals surface area contributed by atoms with Crippen LogP contribution in [0.4, 0.5) is 4.39 Å². The lowest BCUT2D eigenvalue weighted by Gasteiger charge is -2.24. The molecule has 6 rings (SSSR count). The molecule has 0 spiro atoms. The largest absolute Gasteiger partial charge is 0.422 e. The van der Waals surface area contributed by atoms with Gasteiger partial charge in [-0.05, 0) is 55.5 Å². The summed E-state index contributed by atoms with van der Waals surface area (Å²) in [4.78, 5) is 0. The summed E-state index contributed by atoms with van der Waals surface area (Å²) in [6.45, 7) is 1.88. The first-order chi connectivity index (χ1) is 18.0. The number of aromatic nitrogens is 4. The molecule has 0 radical (unpaired) electrons. The zero-order chi connectivity index (χ0) is 25.5. The van der Waals surface area contributed by atoms with Crippen molar-refractivity contribution in [3.63, 3.8) is 0 Å². The number of para-hydroxylation sites is 2. The molecular formula is C29H21FN6O. The SMILES string of the molecule is Cc1nn(-c2ccccc2)c2c1[C@@H](c1cn(-c3ccccc3)nc1-c1ccc(F)cc1)C(C#N)=C(N)O2. The minimum atomic E-state index is -0.594. The van der Waals surface area contributed by atoms with Crippen LogP contribution in [-0.2, 0) is 0 Å². The van der Waals surface area contributed by atoms with E-state index in [9.17, 15) is 9.65 Å². The van der Waals surface area contributed by atoms with E-state index in [1.165, 1.54) is 12.1 Å². The van der Waals surface area contributed by atoms with Crippen molar-refractivity contribution in [2.24, 2.45) is 5.73 Å². The van der Waals surface area contributed by atoms with Crippen LogP contribution < -0.4 is 10.5 Å². The van der Waals surface area contributed by atoms with Crippen LogP contribution in [0.3, 0.4) is 0 Å². The number of hydrogen-bond acceptors (Lipinski definition) is 5. The molecule has 2 N–H and O–H groups in total. The quantitative estimate of drug-likeness (QED) is 0.366. The molecule has 1 aliphatic rings. The number of halogens is 1. The maximum absolute atomic E-state index is 13.8. The maximum Gasteiger partial charge on any atom is 0.229 e. The van der Waals surface area contributed by atoms with Crippen molar-refractivity contribution in [1.29, 1.82) is 5.26 Å². The second-order valence-electron chi connectivity index (χ2n) is 8.70.